The van der Waals surface area contributed by atoms with Crippen LogP contribution >= 0.6 is 11.6 Å². The molecule has 1 amide bonds. The van der Waals surface area contributed by atoms with Crippen LogP contribution < -0.4 is 9.64 Å². The van der Waals surface area contributed by atoms with Crippen molar-refractivity contribution >= 4 is 40.3 Å². The number of anilines is 1. The minimum absolute atomic E-state index is 0.158. The summed E-state index contributed by atoms with van der Waals surface area (Å²) < 4.78 is 7.23. The molecule has 0 bridgehead atoms. The molecule has 0 saturated carbocycles. The van der Waals surface area contributed by atoms with Crippen LogP contribution in [0.25, 0.3) is 16.7 Å². The summed E-state index contributed by atoms with van der Waals surface area (Å²) >= 11 is 6.27. The molecule has 1 aliphatic heterocycles. The van der Waals surface area contributed by atoms with Gasteiger partial charge in [0.1, 0.15) is 22.8 Å². The fourth-order valence-corrected chi connectivity index (χ4v) is 5.96. The zero-order chi connectivity index (χ0) is 31.4. The lowest BCUT2D eigenvalue weighted by atomic mass is 9.91. The van der Waals surface area contributed by atoms with Crippen molar-refractivity contribution < 1.29 is 19.4 Å². The summed E-state index contributed by atoms with van der Waals surface area (Å²) in [6.07, 6.45) is 0. The molecule has 11 heteroatoms. The van der Waals surface area contributed by atoms with Gasteiger partial charge in [-0.3, -0.25) is 4.79 Å². The molecule has 1 saturated heterocycles. The summed E-state index contributed by atoms with van der Waals surface area (Å²) in [6, 6.07) is 10.9. The molecule has 1 N–H and O–H groups in total. The number of benzene rings is 1. The molecule has 4 aromatic rings. The molecule has 1 aliphatic rings. The number of carbonyl (C=O) groups excluding carboxylic acids is 1. The number of piperazine rings is 1. The minimum Gasteiger partial charge on any atom is -0.495 e. The Morgan fingerprint density at radius 1 is 1.05 bits per heavy atom. The highest BCUT2D eigenvalue weighted by Crippen LogP contribution is 2.34. The monoisotopic (exact) mass is 604 g/mol. The van der Waals surface area contributed by atoms with Crippen LogP contribution in [-0.2, 0) is 5.41 Å². The predicted molar refractivity (Wildman–Crippen MR) is 167 cm³/mol. The molecule has 226 valence electrons. The van der Waals surface area contributed by atoms with Gasteiger partial charge in [-0.2, -0.15) is 5.10 Å². The van der Waals surface area contributed by atoms with E-state index in [0.717, 1.165) is 16.9 Å². The molecule has 43 heavy (non-hydrogen) atoms. The lowest BCUT2D eigenvalue weighted by Crippen LogP contribution is -2.61. The van der Waals surface area contributed by atoms with Gasteiger partial charge in [0.05, 0.1) is 45.8 Å². The van der Waals surface area contributed by atoms with Crippen molar-refractivity contribution in [2.24, 2.45) is 0 Å². The molecule has 0 unspecified atom stereocenters. The zero-order valence-electron chi connectivity index (χ0n) is 25.8. The number of halogens is 1. The maximum absolute atomic E-state index is 14.0. The van der Waals surface area contributed by atoms with Gasteiger partial charge in [-0.25, -0.2) is 19.4 Å². The molecular formula is C32H37ClN6O4. The van der Waals surface area contributed by atoms with Crippen LogP contribution in [0, 0.1) is 13.8 Å². The molecule has 5 rings (SSSR count). The van der Waals surface area contributed by atoms with E-state index in [2.05, 4.69) is 30.7 Å². The Hall–Kier alpha value is -4.18. The number of aryl methyl sites for hydroxylation is 2. The Bertz CT molecular complexity index is 1730. The number of amides is 1. The summed E-state index contributed by atoms with van der Waals surface area (Å²) in [6.45, 7) is 15.3. The third-order valence-electron chi connectivity index (χ3n) is 7.90. The highest BCUT2D eigenvalue weighted by molar-refractivity contribution is 6.32. The minimum atomic E-state index is -0.984. The van der Waals surface area contributed by atoms with Crippen molar-refractivity contribution in [2.75, 3.05) is 31.6 Å². The second-order valence-electron chi connectivity index (χ2n) is 12.6. The molecule has 0 atom stereocenters. The quantitative estimate of drug-likeness (QED) is 0.303. The van der Waals surface area contributed by atoms with Crippen LogP contribution in [0.5, 0.6) is 5.75 Å². The van der Waals surface area contributed by atoms with E-state index in [-0.39, 0.29) is 16.9 Å². The van der Waals surface area contributed by atoms with Gasteiger partial charge in [-0.1, -0.05) is 32.4 Å². The van der Waals surface area contributed by atoms with E-state index in [0.29, 0.717) is 58.7 Å². The van der Waals surface area contributed by atoms with Crippen LogP contribution in [-0.4, -0.2) is 73.9 Å². The first kappa shape index (κ1) is 30.3. The smallest absolute Gasteiger partial charge is 0.337 e. The topological polar surface area (TPSA) is 114 Å². The van der Waals surface area contributed by atoms with Gasteiger partial charge in [0, 0.05) is 31.1 Å². The van der Waals surface area contributed by atoms with Gasteiger partial charge in [-0.15, -0.1) is 0 Å². The second-order valence-corrected chi connectivity index (χ2v) is 13.1. The van der Waals surface area contributed by atoms with Crippen molar-refractivity contribution in [3.05, 3.63) is 69.6 Å². The van der Waals surface area contributed by atoms with Crippen molar-refractivity contribution in [3.63, 3.8) is 0 Å². The van der Waals surface area contributed by atoms with Gasteiger partial charge in [0.15, 0.2) is 0 Å². The summed E-state index contributed by atoms with van der Waals surface area (Å²) in [4.78, 5) is 39.1. The molecule has 10 nitrogen and oxygen atoms in total. The van der Waals surface area contributed by atoms with E-state index < -0.39 is 11.5 Å². The lowest BCUT2D eigenvalue weighted by molar-refractivity contribution is 0.0507. The molecular weight excluding hydrogens is 568 g/mol. The SMILES string of the molecule is COc1cc(-n2nc(C(C)(C)C)c3nc(C(=O)N4CCN(c5cc(C)c(C(=O)O)c(C)n5)CC4(C)C)ccc32)ccc1Cl. The van der Waals surface area contributed by atoms with E-state index in [1.165, 1.54) is 0 Å². The fraction of sp³-hybridized carbons (Fsp3) is 0.406. The van der Waals surface area contributed by atoms with Gasteiger partial charge < -0.3 is 19.6 Å². The number of pyridine rings is 2. The largest absolute Gasteiger partial charge is 0.495 e. The molecule has 0 aliphatic carbocycles. The lowest BCUT2D eigenvalue weighted by Gasteiger charge is -2.47. The maximum Gasteiger partial charge on any atom is 0.337 e. The third kappa shape index (κ3) is 5.51. The Morgan fingerprint density at radius 2 is 1.77 bits per heavy atom. The Morgan fingerprint density at radius 3 is 2.37 bits per heavy atom. The Labute approximate surface area is 256 Å². The molecule has 0 spiro atoms. The first-order chi connectivity index (χ1) is 20.1. The number of rotatable bonds is 5. The Balaban J connectivity index is 1.48. The maximum atomic E-state index is 14.0. The first-order valence-electron chi connectivity index (χ1n) is 14.1. The summed E-state index contributed by atoms with van der Waals surface area (Å²) in [5, 5.41) is 15.0. The van der Waals surface area contributed by atoms with Gasteiger partial charge >= 0.3 is 5.97 Å². The fourth-order valence-electron chi connectivity index (χ4n) is 5.76. The van der Waals surface area contributed by atoms with Crippen LogP contribution in [0.2, 0.25) is 5.02 Å². The van der Waals surface area contributed by atoms with Crippen LogP contribution in [0.4, 0.5) is 5.82 Å². The number of methoxy groups -OCH3 is 1. The number of fused-ring (bicyclic) bond motifs is 1. The number of ether oxygens (including phenoxy) is 1. The normalized spacial score (nSPS) is 15.2. The number of carboxylic acids is 1. The number of hydrogen-bond acceptors (Lipinski definition) is 7. The first-order valence-corrected chi connectivity index (χ1v) is 14.5. The summed E-state index contributed by atoms with van der Waals surface area (Å²) in [5.41, 5.74) is 3.83. The van der Waals surface area contributed by atoms with E-state index in [4.69, 9.17) is 26.4 Å². The molecule has 0 radical (unpaired) electrons. The number of carboxylic acid groups (broad SMARTS) is 1. The average Bonchev–Trinajstić information content (AvgIpc) is 3.31. The number of hydrogen-bond donors (Lipinski definition) is 1. The molecule has 1 fully saturated rings. The summed E-state index contributed by atoms with van der Waals surface area (Å²) in [7, 11) is 1.57. The standard InChI is InChI=1S/C32H37ClN6O4/c1-18-15-25(34-19(2)26(18)30(41)42)37-13-14-38(32(6,7)17-37)29(40)22-11-12-23-27(35-22)28(31(3,4)5)36-39(23)20-9-10-21(33)24(16-20)43-8/h9-12,15-16H,13-14,17H2,1-8H3,(H,41,42). The van der Waals surface area contributed by atoms with Gasteiger partial charge in [0.25, 0.3) is 5.91 Å². The number of aromatic carboxylic acids is 1. The van der Waals surface area contributed by atoms with Crippen molar-refractivity contribution in [3.8, 4) is 11.4 Å². The zero-order valence-corrected chi connectivity index (χ0v) is 26.6. The average molecular weight is 605 g/mol. The summed E-state index contributed by atoms with van der Waals surface area (Å²) in [5.74, 6) is 0.108. The van der Waals surface area contributed by atoms with Crippen LogP contribution in [0.1, 0.15) is 72.4 Å². The number of carbonyl (C=O) groups is 2. The molecule has 4 heterocycles. The number of aromatic nitrogens is 4. The number of nitrogens with zero attached hydrogens (tertiary/aromatic N) is 6. The third-order valence-corrected chi connectivity index (χ3v) is 8.22. The van der Waals surface area contributed by atoms with E-state index in [1.54, 1.807) is 39.2 Å². The highest BCUT2D eigenvalue weighted by Gasteiger charge is 2.38. The second kappa shape index (κ2) is 10.8. The molecule has 1 aromatic carbocycles. The van der Waals surface area contributed by atoms with Crippen molar-refractivity contribution in [2.45, 2.75) is 59.4 Å². The molecule has 3 aromatic heterocycles. The Kier molecular flexibility index (Phi) is 7.62. The van der Waals surface area contributed by atoms with Gasteiger partial charge in [-0.05, 0) is 63.6 Å². The van der Waals surface area contributed by atoms with Crippen molar-refractivity contribution in [1.82, 2.24) is 24.6 Å². The van der Waals surface area contributed by atoms with E-state index >= 15 is 0 Å². The van der Waals surface area contributed by atoms with E-state index in [9.17, 15) is 14.7 Å². The van der Waals surface area contributed by atoms with Crippen molar-refractivity contribution in [1.29, 1.82) is 0 Å². The van der Waals surface area contributed by atoms with E-state index in [1.807, 2.05) is 41.6 Å². The van der Waals surface area contributed by atoms with Crippen LogP contribution in [0.3, 0.4) is 0 Å². The highest BCUT2D eigenvalue weighted by atomic mass is 35.5. The van der Waals surface area contributed by atoms with Gasteiger partial charge in [0.2, 0.25) is 0 Å². The van der Waals surface area contributed by atoms with Crippen LogP contribution in [0.15, 0.2) is 36.4 Å². The predicted octanol–water partition coefficient (Wildman–Crippen LogP) is 5.83.